The van der Waals surface area contributed by atoms with Crippen molar-refractivity contribution in [1.29, 1.82) is 0 Å². The van der Waals surface area contributed by atoms with Crippen LogP contribution in [0.2, 0.25) is 0 Å². The zero-order valence-electron chi connectivity index (χ0n) is 5.79. The number of hydrogen-bond acceptors (Lipinski definition) is 4. The molecule has 0 bridgehead atoms. The molecule has 1 atom stereocenters. The average molecular weight is 157 g/mol. The van der Waals surface area contributed by atoms with E-state index in [1.54, 1.807) is 11.3 Å². The summed E-state index contributed by atoms with van der Waals surface area (Å²) in [6.45, 7) is 2.02. The number of aryl methyl sites for hydroxylation is 1. The van der Waals surface area contributed by atoms with Crippen molar-refractivity contribution in [2.75, 3.05) is 0 Å². The minimum absolute atomic E-state index is 0.222. The second-order valence-corrected chi connectivity index (χ2v) is 3.06. The first-order valence-electron chi connectivity index (χ1n) is 3.01. The van der Waals surface area contributed by atoms with E-state index in [1.807, 2.05) is 18.4 Å². The number of rotatable bonds is 2. The summed E-state index contributed by atoms with van der Waals surface area (Å²) in [6, 6.07) is 2.02. The van der Waals surface area contributed by atoms with Crippen molar-refractivity contribution < 1.29 is 0 Å². The summed E-state index contributed by atoms with van der Waals surface area (Å²) in [5.74, 6) is 5.16. The van der Waals surface area contributed by atoms with Gasteiger partial charge in [-0.1, -0.05) is 0 Å². The van der Waals surface area contributed by atoms with E-state index < -0.39 is 0 Å². The first-order valence-corrected chi connectivity index (χ1v) is 3.89. The van der Waals surface area contributed by atoms with Crippen LogP contribution in [-0.2, 0) is 0 Å². The smallest absolute Gasteiger partial charge is 0.103 e. The molecule has 0 saturated carbocycles. The third kappa shape index (κ3) is 1.35. The molecule has 0 aliphatic heterocycles. The fourth-order valence-electron chi connectivity index (χ4n) is 0.779. The number of hydrogen-bond donors (Lipinski definition) is 3. The molecular formula is C6H11N3S. The molecule has 0 aromatic carbocycles. The number of nitrogens with one attached hydrogen (secondary N) is 1. The van der Waals surface area contributed by atoms with E-state index in [0.29, 0.717) is 0 Å². The molecule has 0 amide bonds. The lowest BCUT2D eigenvalue weighted by atomic mass is 10.2. The van der Waals surface area contributed by atoms with Crippen LogP contribution in [0.25, 0.3) is 0 Å². The predicted octanol–water partition coefficient (Wildman–Crippen LogP) is 0.477. The molecule has 1 aromatic rings. The molecule has 0 fully saturated rings. The Morgan fingerprint density at radius 1 is 1.70 bits per heavy atom. The SMILES string of the molecule is Cc1ccsc1C(N)NN. The maximum absolute atomic E-state index is 5.61. The maximum atomic E-state index is 5.61. The number of nitrogens with two attached hydrogens (primary N) is 2. The maximum Gasteiger partial charge on any atom is 0.103 e. The Hall–Kier alpha value is -0.420. The fourth-order valence-corrected chi connectivity index (χ4v) is 1.67. The molecule has 1 rings (SSSR count). The average Bonchev–Trinajstić information content (AvgIpc) is 2.34. The van der Waals surface area contributed by atoms with Gasteiger partial charge in [-0.05, 0) is 23.9 Å². The molecule has 0 spiro atoms. The van der Waals surface area contributed by atoms with Gasteiger partial charge in [-0.2, -0.15) is 0 Å². The predicted molar refractivity (Wildman–Crippen MR) is 43.3 cm³/mol. The summed E-state index contributed by atoms with van der Waals surface area (Å²) in [4.78, 5) is 1.10. The van der Waals surface area contributed by atoms with Crippen LogP contribution in [0.15, 0.2) is 11.4 Å². The molecule has 3 nitrogen and oxygen atoms in total. The molecule has 0 saturated heterocycles. The summed E-state index contributed by atoms with van der Waals surface area (Å²) in [7, 11) is 0. The first-order chi connectivity index (χ1) is 4.75. The minimum Gasteiger partial charge on any atom is -0.310 e. The molecular weight excluding hydrogens is 146 g/mol. The van der Waals surface area contributed by atoms with Gasteiger partial charge in [0, 0.05) is 4.88 Å². The van der Waals surface area contributed by atoms with Crippen LogP contribution in [0.4, 0.5) is 0 Å². The minimum atomic E-state index is -0.222. The normalized spacial score (nSPS) is 13.5. The van der Waals surface area contributed by atoms with Crippen LogP contribution in [0.3, 0.4) is 0 Å². The topological polar surface area (TPSA) is 64.1 Å². The third-order valence-corrected chi connectivity index (χ3v) is 2.47. The van der Waals surface area contributed by atoms with Crippen molar-refractivity contribution in [2.24, 2.45) is 11.6 Å². The Kier molecular flexibility index (Phi) is 2.39. The Bertz CT molecular complexity index is 209. The van der Waals surface area contributed by atoms with E-state index in [0.717, 1.165) is 4.88 Å². The third-order valence-electron chi connectivity index (χ3n) is 1.36. The molecule has 1 aromatic heterocycles. The van der Waals surface area contributed by atoms with Crippen LogP contribution < -0.4 is 17.0 Å². The van der Waals surface area contributed by atoms with Crippen molar-refractivity contribution in [1.82, 2.24) is 5.43 Å². The number of thiophene rings is 1. The molecule has 5 N–H and O–H groups in total. The van der Waals surface area contributed by atoms with Gasteiger partial charge < -0.3 is 5.73 Å². The summed E-state index contributed by atoms with van der Waals surface area (Å²) >= 11 is 1.61. The van der Waals surface area contributed by atoms with Crippen LogP contribution in [0.1, 0.15) is 16.6 Å². The van der Waals surface area contributed by atoms with Gasteiger partial charge in [0.25, 0.3) is 0 Å². The van der Waals surface area contributed by atoms with E-state index in [4.69, 9.17) is 11.6 Å². The van der Waals surface area contributed by atoms with Crippen LogP contribution in [0.5, 0.6) is 0 Å². The van der Waals surface area contributed by atoms with Crippen LogP contribution in [-0.4, -0.2) is 0 Å². The van der Waals surface area contributed by atoms with E-state index in [2.05, 4.69) is 5.43 Å². The molecule has 56 valence electrons. The van der Waals surface area contributed by atoms with Gasteiger partial charge in [0.1, 0.15) is 6.17 Å². The van der Waals surface area contributed by atoms with Gasteiger partial charge in [-0.3, -0.25) is 5.84 Å². The zero-order valence-corrected chi connectivity index (χ0v) is 6.61. The Balaban J connectivity index is 2.82. The molecule has 0 radical (unpaired) electrons. The van der Waals surface area contributed by atoms with Gasteiger partial charge in [0.2, 0.25) is 0 Å². The summed E-state index contributed by atoms with van der Waals surface area (Å²) in [5.41, 5.74) is 9.30. The lowest BCUT2D eigenvalue weighted by Crippen LogP contribution is -2.33. The highest BCUT2D eigenvalue weighted by molar-refractivity contribution is 7.10. The van der Waals surface area contributed by atoms with Crippen LogP contribution >= 0.6 is 11.3 Å². The van der Waals surface area contributed by atoms with E-state index in [9.17, 15) is 0 Å². The largest absolute Gasteiger partial charge is 0.310 e. The highest BCUT2D eigenvalue weighted by Crippen LogP contribution is 2.19. The highest BCUT2D eigenvalue weighted by Gasteiger charge is 2.06. The lowest BCUT2D eigenvalue weighted by Gasteiger charge is -2.07. The first kappa shape index (κ1) is 7.68. The summed E-state index contributed by atoms with van der Waals surface area (Å²) in [6.07, 6.45) is -0.222. The monoisotopic (exact) mass is 157 g/mol. The summed E-state index contributed by atoms with van der Waals surface area (Å²) in [5, 5.41) is 2.00. The van der Waals surface area contributed by atoms with E-state index >= 15 is 0 Å². The van der Waals surface area contributed by atoms with E-state index in [-0.39, 0.29) is 6.17 Å². The Labute approximate surface area is 64.0 Å². The van der Waals surface area contributed by atoms with Crippen molar-refractivity contribution >= 4 is 11.3 Å². The van der Waals surface area contributed by atoms with Gasteiger partial charge >= 0.3 is 0 Å². The number of hydrazine groups is 1. The van der Waals surface area contributed by atoms with Gasteiger partial charge in [0.05, 0.1) is 0 Å². The Morgan fingerprint density at radius 3 is 2.80 bits per heavy atom. The molecule has 1 unspecified atom stereocenters. The van der Waals surface area contributed by atoms with Crippen molar-refractivity contribution in [3.63, 3.8) is 0 Å². The fraction of sp³-hybridized carbons (Fsp3) is 0.333. The van der Waals surface area contributed by atoms with Crippen LogP contribution in [0, 0.1) is 6.92 Å². The standard InChI is InChI=1S/C6H11N3S/c1-4-2-3-10-5(4)6(7)9-8/h2-3,6,9H,7-8H2,1H3. The second-order valence-electron chi connectivity index (χ2n) is 2.11. The molecule has 10 heavy (non-hydrogen) atoms. The zero-order chi connectivity index (χ0) is 7.56. The van der Waals surface area contributed by atoms with Gasteiger partial charge in [-0.25, -0.2) is 5.43 Å². The second kappa shape index (κ2) is 3.12. The quantitative estimate of drug-likeness (QED) is 0.332. The molecule has 4 heteroatoms. The van der Waals surface area contributed by atoms with Crippen molar-refractivity contribution in [2.45, 2.75) is 13.1 Å². The lowest BCUT2D eigenvalue weighted by molar-refractivity contribution is 0.584. The molecule has 0 aliphatic carbocycles. The van der Waals surface area contributed by atoms with Crippen molar-refractivity contribution in [3.05, 3.63) is 21.9 Å². The molecule has 0 aliphatic rings. The Morgan fingerprint density at radius 2 is 2.40 bits per heavy atom. The highest BCUT2D eigenvalue weighted by atomic mass is 32.1. The van der Waals surface area contributed by atoms with Gasteiger partial charge in [0.15, 0.2) is 0 Å². The van der Waals surface area contributed by atoms with E-state index in [1.165, 1.54) is 5.56 Å². The summed E-state index contributed by atoms with van der Waals surface area (Å²) < 4.78 is 0. The van der Waals surface area contributed by atoms with Gasteiger partial charge in [-0.15, -0.1) is 11.3 Å². The van der Waals surface area contributed by atoms with Crippen molar-refractivity contribution in [3.8, 4) is 0 Å². The molecule has 1 heterocycles.